The molecule has 1 aromatic rings. The lowest BCUT2D eigenvalue weighted by Gasteiger charge is -2.23. The third kappa shape index (κ3) is 3.33. The Hall–Kier alpha value is -1.26. The van der Waals surface area contributed by atoms with Crippen LogP contribution in [0.5, 0.6) is 0 Å². The number of anilines is 1. The van der Waals surface area contributed by atoms with E-state index in [1.54, 1.807) is 12.1 Å². The number of carbonyl (C=O) groups is 1. The van der Waals surface area contributed by atoms with Gasteiger partial charge in [0.05, 0.1) is 5.69 Å². The number of nitrogens with two attached hydrogens (primary N) is 1. The molecule has 1 unspecified atom stereocenters. The van der Waals surface area contributed by atoms with Crippen molar-refractivity contribution in [3.05, 3.63) is 28.8 Å². The van der Waals surface area contributed by atoms with E-state index in [1.165, 1.54) is 0 Å². The molecular weight excluding hydrogens is 288 g/mol. The van der Waals surface area contributed by atoms with Crippen LogP contribution < -0.4 is 11.1 Å². The summed E-state index contributed by atoms with van der Waals surface area (Å²) in [6.07, 6.45) is 0.359. The van der Waals surface area contributed by atoms with E-state index in [0.717, 1.165) is 12.0 Å². The summed E-state index contributed by atoms with van der Waals surface area (Å²) < 4.78 is 5.29. The number of halogens is 1. The minimum absolute atomic E-state index is 0.00515. The standard InChI is InChI=1S/C16H23ClN2O2/c1-14(2,3)21-13(20)19-12-8-10(17)6-7-11(12)16(18)9-15(16,4)5/h6-8H,9,18H2,1-5H3,(H,19,20). The smallest absolute Gasteiger partial charge is 0.412 e. The molecule has 0 aromatic heterocycles. The maximum atomic E-state index is 12.0. The van der Waals surface area contributed by atoms with Gasteiger partial charge in [-0.2, -0.15) is 0 Å². The Morgan fingerprint density at radius 1 is 1.38 bits per heavy atom. The third-order valence-electron chi connectivity index (χ3n) is 3.90. The van der Waals surface area contributed by atoms with Crippen molar-refractivity contribution in [1.82, 2.24) is 0 Å². The molecule has 2 rings (SSSR count). The molecule has 1 aliphatic carbocycles. The van der Waals surface area contributed by atoms with Gasteiger partial charge in [0.1, 0.15) is 5.60 Å². The molecule has 3 N–H and O–H groups in total. The minimum Gasteiger partial charge on any atom is -0.444 e. The van der Waals surface area contributed by atoms with Crippen LogP contribution in [-0.2, 0) is 10.3 Å². The van der Waals surface area contributed by atoms with Crippen LogP contribution in [0.25, 0.3) is 0 Å². The van der Waals surface area contributed by atoms with E-state index in [2.05, 4.69) is 19.2 Å². The second kappa shape index (κ2) is 4.89. The Labute approximate surface area is 131 Å². The summed E-state index contributed by atoms with van der Waals surface area (Å²) in [5.74, 6) is 0. The molecule has 1 amide bonds. The van der Waals surface area contributed by atoms with Crippen LogP contribution in [0.3, 0.4) is 0 Å². The number of ether oxygens (including phenoxy) is 1. The molecule has 0 radical (unpaired) electrons. The fourth-order valence-electron chi connectivity index (χ4n) is 2.54. The summed E-state index contributed by atoms with van der Waals surface area (Å²) in [5, 5.41) is 3.31. The Morgan fingerprint density at radius 3 is 2.43 bits per heavy atom. The van der Waals surface area contributed by atoms with Crippen molar-refractivity contribution in [3.8, 4) is 0 Å². The lowest BCUT2D eigenvalue weighted by molar-refractivity contribution is 0.0635. The summed E-state index contributed by atoms with van der Waals surface area (Å²) >= 11 is 6.04. The molecule has 21 heavy (non-hydrogen) atoms. The molecular formula is C16H23ClN2O2. The van der Waals surface area contributed by atoms with Gasteiger partial charge in [-0.3, -0.25) is 5.32 Å². The first-order valence-corrected chi connectivity index (χ1v) is 7.41. The van der Waals surface area contributed by atoms with Crippen LogP contribution >= 0.6 is 11.6 Å². The first-order chi connectivity index (χ1) is 9.45. The van der Waals surface area contributed by atoms with Gasteiger partial charge in [0, 0.05) is 10.6 Å². The van der Waals surface area contributed by atoms with E-state index in [4.69, 9.17) is 22.1 Å². The Morgan fingerprint density at radius 2 is 1.95 bits per heavy atom. The predicted octanol–water partition coefficient (Wildman–Crippen LogP) is 4.27. The second-order valence-electron chi connectivity index (χ2n) is 7.35. The number of rotatable bonds is 2. The lowest BCUT2D eigenvalue weighted by Crippen LogP contribution is -2.30. The topological polar surface area (TPSA) is 64.3 Å². The Balaban J connectivity index is 2.28. The van der Waals surface area contributed by atoms with Gasteiger partial charge in [-0.1, -0.05) is 31.5 Å². The van der Waals surface area contributed by atoms with E-state index in [9.17, 15) is 4.79 Å². The number of benzene rings is 1. The van der Waals surface area contributed by atoms with E-state index < -0.39 is 17.2 Å². The molecule has 1 aromatic carbocycles. The first kappa shape index (κ1) is 16.1. The summed E-state index contributed by atoms with van der Waals surface area (Å²) in [6, 6.07) is 5.38. The lowest BCUT2D eigenvalue weighted by atomic mass is 9.95. The van der Waals surface area contributed by atoms with Gasteiger partial charge in [0.2, 0.25) is 0 Å². The van der Waals surface area contributed by atoms with E-state index in [1.807, 2.05) is 26.8 Å². The normalized spacial score (nSPS) is 23.6. The zero-order valence-corrected chi connectivity index (χ0v) is 14.0. The van der Waals surface area contributed by atoms with Crippen LogP contribution in [0.1, 0.15) is 46.6 Å². The highest BCUT2D eigenvalue weighted by atomic mass is 35.5. The van der Waals surface area contributed by atoms with Crippen molar-refractivity contribution in [2.24, 2.45) is 11.1 Å². The van der Waals surface area contributed by atoms with Gasteiger partial charge >= 0.3 is 6.09 Å². The van der Waals surface area contributed by atoms with Gasteiger partial charge in [0.25, 0.3) is 0 Å². The van der Waals surface area contributed by atoms with Crippen molar-refractivity contribution >= 4 is 23.4 Å². The zero-order chi connectivity index (χ0) is 16.1. The highest BCUT2D eigenvalue weighted by molar-refractivity contribution is 6.31. The number of nitrogens with one attached hydrogen (secondary N) is 1. The van der Waals surface area contributed by atoms with E-state index in [0.29, 0.717) is 10.7 Å². The summed E-state index contributed by atoms with van der Waals surface area (Å²) in [7, 11) is 0. The zero-order valence-electron chi connectivity index (χ0n) is 13.2. The molecule has 1 aliphatic rings. The largest absolute Gasteiger partial charge is 0.444 e. The van der Waals surface area contributed by atoms with Crippen molar-refractivity contribution in [3.63, 3.8) is 0 Å². The average molecular weight is 311 g/mol. The van der Waals surface area contributed by atoms with Crippen molar-refractivity contribution in [2.75, 3.05) is 5.32 Å². The monoisotopic (exact) mass is 310 g/mol. The summed E-state index contributed by atoms with van der Waals surface area (Å²) in [4.78, 5) is 12.0. The van der Waals surface area contributed by atoms with Gasteiger partial charge in [-0.05, 0) is 50.3 Å². The minimum atomic E-state index is -0.553. The molecule has 1 fully saturated rings. The molecule has 116 valence electrons. The predicted molar refractivity (Wildman–Crippen MR) is 85.6 cm³/mol. The maximum absolute atomic E-state index is 12.0. The van der Waals surface area contributed by atoms with Gasteiger partial charge in [-0.25, -0.2) is 4.79 Å². The van der Waals surface area contributed by atoms with Gasteiger partial charge in [-0.15, -0.1) is 0 Å². The number of carbonyl (C=O) groups excluding carboxylic acids is 1. The fraction of sp³-hybridized carbons (Fsp3) is 0.562. The molecule has 1 atom stereocenters. The molecule has 5 heteroatoms. The molecule has 0 heterocycles. The van der Waals surface area contributed by atoms with Crippen LogP contribution in [-0.4, -0.2) is 11.7 Å². The van der Waals surface area contributed by atoms with Crippen molar-refractivity contribution in [2.45, 2.75) is 52.2 Å². The van der Waals surface area contributed by atoms with E-state index in [-0.39, 0.29) is 5.41 Å². The average Bonchev–Trinajstić information content (AvgIpc) is 2.75. The van der Waals surface area contributed by atoms with Crippen LogP contribution in [0.2, 0.25) is 5.02 Å². The quantitative estimate of drug-likeness (QED) is 0.857. The molecule has 0 aliphatic heterocycles. The summed E-state index contributed by atoms with van der Waals surface area (Å²) in [6.45, 7) is 9.68. The van der Waals surface area contributed by atoms with Gasteiger partial charge in [0.15, 0.2) is 0 Å². The number of hydrogen-bond donors (Lipinski definition) is 2. The fourth-order valence-corrected chi connectivity index (χ4v) is 2.71. The Bertz CT molecular complexity index is 578. The highest BCUT2D eigenvalue weighted by Gasteiger charge is 2.60. The number of amides is 1. The molecule has 0 spiro atoms. The highest BCUT2D eigenvalue weighted by Crippen LogP contribution is 2.61. The van der Waals surface area contributed by atoms with Crippen molar-refractivity contribution < 1.29 is 9.53 Å². The Kier molecular flexibility index (Phi) is 3.75. The molecule has 1 saturated carbocycles. The molecule has 0 saturated heterocycles. The van der Waals surface area contributed by atoms with E-state index >= 15 is 0 Å². The van der Waals surface area contributed by atoms with Crippen molar-refractivity contribution in [1.29, 1.82) is 0 Å². The second-order valence-corrected chi connectivity index (χ2v) is 7.79. The first-order valence-electron chi connectivity index (χ1n) is 7.04. The van der Waals surface area contributed by atoms with Crippen LogP contribution in [0.15, 0.2) is 18.2 Å². The summed E-state index contributed by atoms with van der Waals surface area (Å²) in [5.41, 5.74) is 6.98. The van der Waals surface area contributed by atoms with Crippen LogP contribution in [0, 0.1) is 5.41 Å². The SMILES string of the molecule is CC(C)(C)OC(=O)Nc1cc(Cl)ccc1C1(N)CC1(C)C. The molecule has 0 bridgehead atoms. The van der Waals surface area contributed by atoms with Gasteiger partial charge < -0.3 is 10.5 Å². The van der Waals surface area contributed by atoms with Crippen LogP contribution in [0.4, 0.5) is 10.5 Å². The number of hydrogen-bond acceptors (Lipinski definition) is 3. The molecule has 4 nitrogen and oxygen atoms in total. The maximum Gasteiger partial charge on any atom is 0.412 e. The third-order valence-corrected chi connectivity index (χ3v) is 4.14.